The van der Waals surface area contributed by atoms with Crippen LogP contribution in [-0.4, -0.2) is 22.7 Å². The molecule has 0 aromatic heterocycles. The minimum Gasteiger partial charge on any atom is -0.367 e. The Hall–Kier alpha value is -1.95. The van der Waals surface area contributed by atoms with Gasteiger partial charge >= 0.3 is 0 Å². The highest BCUT2D eigenvalue weighted by atomic mass is 35.5. The smallest absolute Gasteiger partial charge is 0.295 e. The van der Waals surface area contributed by atoms with Gasteiger partial charge in [-0.1, -0.05) is 41.4 Å². The van der Waals surface area contributed by atoms with E-state index in [9.17, 15) is 9.59 Å². The SMILES string of the molecule is O=C1SC(=Cc2ccc(Cl)cc2)C(=O)N1CNc1cccc(Cl)c1. The maximum Gasteiger partial charge on any atom is 0.295 e. The Bertz CT molecular complexity index is 822. The number of rotatable bonds is 4. The maximum atomic E-state index is 12.4. The van der Waals surface area contributed by atoms with Crippen molar-refractivity contribution < 1.29 is 9.59 Å². The molecule has 0 spiro atoms. The molecule has 0 bridgehead atoms. The Labute approximate surface area is 153 Å². The lowest BCUT2D eigenvalue weighted by Gasteiger charge is -2.14. The van der Waals surface area contributed by atoms with Gasteiger partial charge in [0.1, 0.15) is 0 Å². The van der Waals surface area contributed by atoms with Gasteiger partial charge in [0.15, 0.2) is 0 Å². The lowest BCUT2D eigenvalue weighted by molar-refractivity contribution is -0.122. The van der Waals surface area contributed by atoms with Crippen molar-refractivity contribution >= 4 is 57.9 Å². The molecule has 0 aliphatic carbocycles. The van der Waals surface area contributed by atoms with Gasteiger partial charge in [-0.15, -0.1) is 0 Å². The van der Waals surface area contributed by atoms with Crippen LogP contribution >= 0.6 is 35.0 Å². The van der Waals surface area contributed by atoms with Crippen LogP contribution < -0.4 is 5.32 Å². The fourth-order valence-corrected chi connectivity index (χ4v) is 3.27. The number of carbonyl (C=O) groups is 2. The van der Waals surface area contributed by atoms with E-state index in [-0.39, 0.29) is 17.8 Å². The van der Waals surface area contributed by atoms with Crippen LogP contribution in [0.5, 0.6) is 0 Å². The van der Waals surface area contributed by atoms with Crippen molar-refractivity contribution in [3.63, 3.8) is 0 Å². The van der Waals surface area contributed by atoms with Gasteiger partial charge in [-0.05, 0) is 53.7 Å². The minimum atomic E-state index is -0.325. The molecule has 0 atom stereocenters. The summed E-state index contributed by atoms with van der Waals surface area (Å²) >= 11 is 12.7. The second-order valence-corrected chi connectivity index (χ2v) is 6.87. The van der Waals surface area contributed by atoms with Crippen molar-refractivity contribution in [2.75, 3.05) is 12.0 Å². The van der Waals surface area contributed by atoms with Gasteiger partial charge < -0.3 is 5.32 Å². The molecule has 4 nitrogen and oxygen atoms in total. The predicted octanol–water partition coefficient (Wildman–Crippen LogP) is 5.10. The summed E-state index contributed by atoms with van der Waals surface area (Å²) in [5.74, 6) is -0.325. The van der Waals surface area contributed by atoms with Crippen molar-refractivity contribution in [1.82, 2.24) is 4.90 Å². The molecule has 1 heterocycles. The van der Waals surface area contributed by atoms with Crippen molar-refractivity contribution in [3.8, 4) is 0 Å². The first kappa shape index (κ1) is 16.9. The molecule has 0 unspecified atom stereocenters. The number of nitrogens with zero attached hydrogens (tertiary/aromatic N) is 1. The second-order valence-electron chi connectivity index (χ2n) is 5.01. The average Bonchev–Trinajstić information content (AvgIpc) is 2.82. The van der Waals surface area contributed by atoms with Crippen molar-refractivity contribution in [3.05, 3.63) is 69.0 Å². The first-order valence-electron chi connectivity index (χ1n) is 7.03. The first-order chi connectivity index (χ1) is 11.5. The minimum absolute atomic E-state index is 0.0863. The molecule has 0 saturated carbocycles. The molecule has 2 amide bonds. The van der Waals surface area contributed by atoms with E-state index in [4.69, 9.17) is 23.2 Å². The summed E-state index contributed by atoms with van der Waals surface area (Å²) in [5.41, 5.74) is 1.55. The number of anilines is 1. The third-order valence-corrected chi connectivity index (χ3v) is 4.70. The number of imide groups is 1. The molecule has 2 aromatic rings. The lowest BCUT2D eigenvalue weighted by Crippen LogP contribution is -2.33. The predicted molar refractivity (Wildman–Crippen MR) is 99.2 cm³/mol. The van der Waals surface area contributed by atoms with Gasteiger partial charge in [0.05, 0.1) is 11.6 Å². The fraction of sp³-hybridized carbons (Fsp3) is 0.0588. The van der Waals surface area contributed by atoms with Gasteiger partial charge in [-0.3, -0.25) is 14.5 Å². The molecule has 7 heteroatoms. The summed E-state index contributed by atoms with van der Waals surface area (Å²) < 4.78 is 0. The quantitative estimate of drug-likeness (QED) is 0.751. The molecule has 0 radical (unpaired) electrons. The molecule has 122 valence electrons. The van der Waals surface area contributed by atoms with Gasteiger partial charge in [0.25, 0.3) is 11.1 Å². The molecular weight excluding hydrogens is 367 g/mol. The Morgan fingerprint density at radius 1 is 1.04 bits per heavy atom. The second kappa shape index (κ2) is 7.30. The van der Waals surface area contributed by atoms with Crippen LogP contribution in [0.15, 0.2) is 53.4 Å². The lowest BCUT2D eigenvalue weighted by atomic mass is 10.2. The van der Waals surface area contributed by atoms with E-state index in [0.717, 1.165) is 27.9 Å². The molecule has 24 heavy (non-hydrogen) atoms. The van der Waals surface area contributed by atoms with E-state index in [0.29, 0.717) is 15.0 Å². The topological polar surface area (TPSA) is 49.4 Å². The molecule has 1 fully saturated rings. The van der Waals surface area contributed by atoms with E-state index >= 15 is 0 Å². The van der Waals surface area contributed by atoms with Crippen LogP contribution in [0, 0.1) is 0 Å². The number of hydrogen-bond donors (Lipinski definition) is 1. The third kappa shape index (κ3) is 3.93. The third-order valence-electron chi connectivity index (χ3n) is 3.31. The van der Waals surface area contributed by atoms with Gasteiger partial charge in [0.2, 0.25) is 0 Å². The summed E-state index contributed by atoms with van der Waals surface area (Å²) in [6.45, 7) is 0.0863. The Morgan fingerprint density at radius 3 is 2.50 bits per heavy atom. The number of benzene rings is 2. The van der Waals surface area contributed by atoms with Crippen LogP contribution in [0.2, 0.25) is 10.0 Å². The molecule has 1 N–H and O–H groups in total. The van der Waals surface area contributed by atoms with E-state index in [1.165, 1.54) is 0 Å². The normalized spacial score (nSPS) is 16.1. The molecule has 2 aromatic carbocycles. The zero-order chi connectivity index (χ0) is 17.1. The largest absolute Gasteiger partial charge is 0.367 e. The number of thioether (sulfide) groups is 1. The number of nitrogens with one attached hydrogen (secondary N) is 1. The van der Waals surface area contributed by atoms with E-state index in [1.54, 1.807) is 48.5 Å². The number of halogens is 2. The van der Waals surface area contributed by atoms with Gasteiger partial charge in [-0.25, -0.2) is 0 Å². The van der Waals surface area contributed by atoms with Crippen LogP contribution in [-0.2, 0) is 4.79 Å². The number of amides is 2. The van der Waals surface area contributed by atoms with Crippen LogP contribution in [0.4, 0.5) is 10.5 Å². The zero-order valence-electron chi connectivity index (χ0n) is 12.3. The van der Waals surface area contributed by atoms with Crippen LogP contribution in [0.25, 0.3) is 6.08 Å². The molecule has 1 saturated heterocycles. The average molecular weight is 379 g/mol. The Kier molecular flexibility index (Phi) is 5.14. The number of hydrogen-bond acceptors (Lipinski definition) is 4. The van der Waals surface area contributed by atoms with E-state index < -0.39 is 0 Å². The summed E-state index contributed by atoms with van der Waals surface area (Å²) in [6, 6.07) is 14.1. The standard InChI is InChI=1S/C17H12Cl2N2O2S/c18-12-6-4-11(5-7-12)8-15-16(22)21(17(23)24-15)10-20-14-3-1-2-13(19)9-14/h1-9,20H,10H2. The first-order valence-corrected chi connectivity index (χ1v) is 8.60. The summed E-state index contributed by atoms with van der Waals surface area (Å²) in [4.78, 5) is 26.0. The monoisotopic (exact) mass is 378 g/mol. The summed E-state index contributed by atoms with van der Waals surface area (Å²) in [6.07, 6.45) is 1.68. The fourth-order valence-electron chi connectivity index (χ4n) is 2.12. The Balaban J connectivity index is 1.71. The van der Waals surface area contributed by atoms with Crippen LogP contribution in [0.1, 0.15) is 5.56 Å². The Morgan fingerprint density at radius 2 is 1.79 bits per heavy atom. The van der Waals surface area contributed by atoms with E-state index in [1.807, 2.05) is 6.07 Å². The van der Waals surface area contributed by atoms with Gasteiger partial charge in [0, 0.05) is 15.7 Å². The van der Waals surface area contributed by atoms with E-state index in [2.05, 4.69) is 5.32 Å². The van der Waals surface area contributed by atoms with Crippen molar-refractivity contribution in [1.29, 1.82) is 0 Å². The highest BCUT2D eigenvalue weighted by Gasteiger charge is 2.34. The zero-order valence-corrected chi connectivity index (χ0v) is 14.7. The highest BCUT2D eigenvalue weighted by molar-refractivity contribution is 8.18. The van der Waals surface area contributed by atoms with Crippen molar-refractivity contribution in [2.24, 2.45) is 0 Å². The summed E-state index contributed by atoms with van der Waals surface area (Å²) in [5, 5.41) is 3.91. The molecule has 3 rings (SSSR count). The molecular formula is C17H12Cl2N2O2S. The maximum absolute atomic E-state index is 12.4. The number of carbonyl (C=O) groups excluding carboxylic acids is 2. The van der Waals surface area contributed by atoms with Crippen molar-refractivity contribution in [2.45, 2.75) is 0 Å². The molecule has 1 aliphatic heterocycles. The summed E-state index contributed by atoms with van der Waals surface area (Å²) in [7, 11) is 0. The van der Waals surface area contributed by atoms with Gasteiger partial charge in [-0.2, -0.15) is 0 Å². The molecule has 1 aliphatic rings. The highest BCUT2D eigenvalue weighted by Crippen LogP contribution is 2.32. The van der Waals surface area contributed by atoms with Crippen LogP contribution in [0.3, 0.4) is 0 Å².